The van der Waals surface area contributed by atoms with Gasteiger partial charge in [0.1, 0.15) is 0 Å². The molecule has 9 heteroatoms. The minimum absolute atomic E-state index is 0.0378. The van der Waals surface area contributed by atoms with E-state index >= 15 is 0 Å². The maximum atomic E-state index is 12.3. The van der Waals surface area contributed by atoms with Gasteiger partial charge < -0.3 is 4.90 Å². The highest BCUT2D eigenvalue weighted by molar-refractivity contribution is 7.89. The lowest BCUT2D eigenvalue weighted by molar-refractivity contribution is -0.385. The van der Waals surface area contributed by atoms with E-state index in [1.54, 1.807) is 7.05 Å². The van der Waals surface area contributed by atoms with E-state index in [9.17, 15) is 23.3 Å². The highest BCUT2D eigenvalue weighted by atomic mass is 32.2. The van der Waals surface area contributed by atoms with Crippen LogP contribution in [0.25, 0.3) is 0 Å². The van der Waals surface area contributed by atoms with Crippen molar-refractivity contribution >= 4 is 21.6 Å². The molecule has 0 fully saturated rings. The Morgan fingerprint density at radius 1 is 1.43 bits per heavy atom. The number of hydrogen-bond acceptors (Lipinski definition) is 5. The number of nitrogens with zero attached hydrogens (tertiary/aromatic N) is 2. The Bertz CT molecular complexity index is 684. The SMILES string of the molecule is CCCN(C)C(=O)c1cc([N+](=O)[O-])cc(S(N)(=O)=O)c1C. The van der Waals surface area contributed by atoms with Gasteiger partial charge >= 0.3 is 0 Å². The fourth-order valence-corrected chi connectivity index (χ4v) is 2.76. The van der Waals surface area contributed by atoms with Gasteiger partial charge in [0.15, 0.2) is 0 Å². The molecule has 0 heterocycles. The van der Waals surface area contributed by atoms with E-state index in [4.69, 9.17) is 5.14 Å². The second-order valence-electron chi connectivity index (χ2n) is 4.65. The quantitative estimate of drug-likeness (QED) is 0.642. The van der Waals surface area contributed by atoms with Crippen molar-refractivity contribution < 1.29 is 18.1 Å². The van der Waals surface area contributed by atoms with Crippen molar-refractivity contribution in [1.82, 2.24) is 4.90 Å². The lowest BCUT2D eigenvalue weighted by Crippen LogP contribution is -2.29. The molecule has 1 rings (SSSR count). The molecule has 0 spiro atoms. The van der Waals surface area contributed by atoms with Crippen molar-refractivity contribution in [3.05, 3.63) is 33.4 Å². The Morgan fingerprint density at radius 3 is 2.43 bits per heavy atom. The van der Waals surface area contributed by atoms with Gasteiger partial charge in [0.25, 0.3) is 11.6 Å². The summed E-state index contributed by atoms with van der Waals surface area (Å²) in [6.07, 6.45) is 0.707. The maximum absolute atomic E-state index is 12.3. The minimum atomic E-state index is -4.16. The topological polar surface area (TPSA) is 124 Å². The Labute approximate surface area is 122 Å². The first kappa shape index (κ1) is 17.1. The third-order valence-electron chi connectivity index (χ3n) is 3.00. The maximum Gasteiger partial charge on any atom is 0.271 e. The van der Waals surface area contributed by atoms with E-state index in [1.165, 1.54) is 11.8 Å². The van der Waals surface area contributed by atoms with E-state index in [1.807, 2.05) is 6.92 Å². The summed E-state index contributed by atoms with van der Waals surface area (Å²) in [7, 11) is -2.62. The van der Waals surface area contributed by atoms with Crippen LogP contribution in [-0.4, -0.2) is 37.7 Å². The van der Waals surface area contributed by atoms with Crippen LogP contribution in [0.1, 0.15) is 29.3 Å². The average molecular weight is 315 g/mol. The van der Waals surface area contributed by atoms with Gasteiger partial charge in [-0.15, -0.1) is 0 Å². The highest BCUT2D eigenvalue weighted by Crippen LogP contribution is 2.26. The number of carbonyl (C=O) groups is 1. The molecule has 0 aromatic heterocycles. The average Bonchev–Trinajstić information content (AvgIpc) is 2.36. The summed E-state index contributed by atoms with van der Waals surface area (Å²) < 4.78 is 23.1. The van der Waals surface area contributed by atoms with Gasteiger partial charge in [0.05, 0.1) is 15.4 Å². The summed E-state index contributed by atoms with van der Waals surface area (Å²) in [5.41, 5.74) is -0.418. The zero-order valence-electron chi connectivity index (χ0n) is 12.0. The van der Waals surface area contributed by atoms with E-state index in [2.05, 4.69) is 0 Å². The third kappa shape index (κ3) is 3.76. The van der Waals surface area contributed by atoms with Crippen LogP contribution in [0.3, 0.4) is 0 Å². The van der Waals surface area contributed by atoms with Gasteiger partial charge in [-0.25, -0.2) is 13.6 Å². The molecule has 1 aromatic carbocycles. The molecular formula is C12H17N3O5S. The number of primary sulfonamides is 1. The number of nitrogens with two attached hydrogens (primary N) is 1. The van der Waals surface area contributed by atoms with E-state index < -0.39 is 31.4 Å². The number of rotatable bonds is 5. The molecule has 116 valence electrons. The van der Waals surface area contributed by atoms with E-state index in [0.717, 1.165) is 12.1 Å². The highest BCUT2D eigenvalue weighted by Gasteiger charge is 2.25. The molecule has 0 aliphatic rings. The summed E-state index contributed by atoms with van der Waals surface area (Å²) in [5, 5.41) is 16.0. The molecule has 0 atom stereocenters. The first-order chi connectivity index (χ1) is 9.59. The van der Waals surface area contributed by atoms with Crippen molar-refractivity contribution in [2.75, 3.05) is 13.6 Å². The smallest absolute Gasteiger partial charge is 0.271 e. The van der Waals surface area contributed by atoms with Crippen LogP contribution >= 0.6 is 0 Å². The number of hydrogen-bond donors (Lipinski definition) is 1. The van der Waals surface area contributed by atoms with Crippen molar-refractivity contribution in [1.29, 1.82) is 0 Å². The molecule has 21 heavy (non-hydrogen) atoms. The predicted molar refractivity (Wildman–Crippen MR) is 76.5 cm³/mol. The molecule has 0 unspecified atom stereocenters. The zero-order chi connectivity index (χ0) is 16.4. The number of amides is 1. The molecule has 0 bridgehead atoms. The molecule has 0 radical (unpaired) electrons. The Balaban J connectivity index is 3.55. The fourth-order valence-electron chi connectivity index (χ4n) is 1.94. The monoisotopic (exact) mass is 315 g/mol. The Kier molecular flexibility index (Phi) is 5.02. The number of benzene rings is 1. The zero-order valence-corrected chi connectivity index (χ0v) is 12.8. The van der Waals surface area contributed by atoms with Gasteiger partial charge in [0.2, 0.25) is 10.0 Å². The molecule has 1 amide bonds. The predicted octanol–water partition coefficient (Wildman–Crippen LogP) is 1.03. The van der Waals surface area contributed by atoms with Gasteiger partial charge in [-0.2, -0.15) is 0 Å². The number of nitro groups is 1. The third-order valence-corrected chi connectivity index (χ3v) is 4.04. The lowest BCUT2D eigenvalue weighted by Gasteiger charge is -2.18. The van der Waals surface area contributed by atoms with Crippen molar-refractivity contribution in [3.8, 4) is 0 Å². The first-order valence-corrected chi connectivity index (χ1v) is 7.71. The number of non-ortho nitro benzene ring substituents is 1. The normalized spacial score (nSPS) is 11.2. The second kappa shape index (κ2) is 6.19. The summed E-state index contributed by atoms with van der Waals surface area (Å²) in [6, 6.07) is 1.93. The van der Waals surface area contributed by atoms with Gasteiger partial charge in [0, 0.05) is 25.7 Å². The molecular weight excluding hydrogens is 298 g/mol. The van der Waals surface area contributed by atoms with Crippen LogP contribution in [-0.2, 0) is 10.0 Å². The van der Waals surface area contributed by atoms with Crippen LogP contribution in [0.15, 0.2) is 17.0 Å². The van der Waals surface area contributed by atoms with E-state index in [0.29, 0.717) is 13.0 Å². The summed E-state index contributed by atoms with van der Waals surface area (Å²) in [5.74, 6) is -0.483. The molecule has 0 aliphatic carbocycles. The Hall–Kier alpha value is -2.00. The first-order valence-electron chi connectivity index (χ1n) is 6.16. The summed E-state index contributed by atoms with van der Waals surface area (Å²) >= 11 is 0. The van der Waals surface area contributed by atoms with Crippen molar-refractivity contribution in [2.45, 2.75) is 25.2 Å². The van der Waals surface area contributed by atoms with Gasteiger partial charge in [-0.05, 0) is 18.9 Å². The van der Waals surface area contributed by atoms with Crippen LogP contribution in [0.2, 0.25) is 0 Å². The molecule has 1 aromatic rings. The second-order valence-corrected chi connectivity index (χ2v) is 6.18. The van der Waals surface area contributed by atoms with Crippen LogP contribution in [0.5, 0.6) is 0 Å². The number of sulfonamides is 1. The fraction of sp³-hybridized carbons (Fsp3) is 0.417. The molecule has 2 N–H and O–H groups in total. The van der Waals surface area contributed by atoms with Crippen LogP contribution < -0.4 is 5.14 Å². The molecule has 0 saturated carbocycles. The standard InChI is InChI=1S/C12H17N3O5S/c1-4-5-14(3)12(16)10-6-9(15(17)18)7-11(8(10)2)21(13,19)20/h6-7H,4-5H2,1-3H3,(H2,13,19,20). The summed E-state index contributed by atoms with van der Waals surface area (Å²) in [6.45, 7) is 3.72. The number of nitro benzene ring substituents is 1. The summed E-state index contributed by atoms with van der Waals surface area (Å²) in [4.78, 5) is 23.4. The van der Waals surface area contributed by atoms with E-state index in [-0.39, 0.29) is 11.1 Å². The van der Waals surface area contributed by atoms with Crippen molar-refractivity contribution in [3.63, 3.8) is 0 Å². The molecule has 0 saturated heterocycles. The lowest BCUT2D eigenvalue weighted by atomic mass is 10.1. The molecule has 8 nitrogen and oxygen atoms in total. The number of carbonyl (C=O) groups excluding carboxylic acids is 1. The van der Waals surface area contributed by atoms with Gasteiger partial charge in [-0.1, -0.05) is 6.92 Å². The van der Waals surface area contributed by atoms with Crippen molar-refractivity contribution in [2.24, 2.45) is 5.14 Å². The van der Waals surface area contributed by atoms with Crippen LogP contribution in [0, 0.1) is 17.0 Å². The Morgan fingerprint density at radius 2 is 2.00 bits per heavy atom. The minimum Gasteiger partial charge on any atom is -0.342 e. The molecule has 0 aliphatic heterocycles. The largest absolute Gasteiger partial charge is 0.342 e. The van der Waals surface area contributed by atoms with Gasteiger partial charge in [-0.3, -0.25) is 14.9 Å². The van der Waals surface area contributed by atoms with Crippen LogP contribution in [0.4, 0.5) is 5.69 Å².